The van der Waals surface area contributed by atoms with Gasteiger partial charge < -0.3 is 4.57 Å². The molecule has 0 aliphatic rings. The summed E-state index contributed by atoms with van der Waals surface area (Å²) in [5.74, 6) is 2.21. The van der Waals surface area contributed by atoms with Crippen molar-refractivity contribution in [1.29, 1.82) is 0 Å². The van der Waals surface area contributed by atoms with E-state index in [1.165, 1.54) is 0 Å². The highest BCUT2D eigenvalue weighted by atomic mass is 35.5. The van der Waals surface area contributed by atoms with E-state index >= 15 is 0 Å². The summed E-state index contributed by atoms with van der Waals surface area (Å²) >= 11 is 7.79. The number of benzene rings is 1. The lowest BCUT2D eigenvalue weighted by atomic mass is 10.2. The first-order valence-corrected chi connectivity index (χ1v) is 7.21. The van der Waals surface area contributed by atoms with Crippen LogP contribution in [0.4, 0.5) is 0 Å². The van der Waals surface area contributed by atoms with Crippen LogP contribution in [0.25, 0.3) is 0 Å². The van der Waals surface area contributed by atoms with Crippen LogP contribution in [-0.2, 0) is 12.8 Å². The van der Waals surface area contributed by atoms with Crippen molar-refractivity contribution in [3.63, 3.8) is 0 Å². The van der Waals surface area contributed by atoms with E-state index in [1.807, 2.05) is 35.9 Å². The first-order valence-electron chi connectivity index (χ1n) is 5.85. The summed E-state index contributed by atoms with van der Waals surface area (Å²) in [6.07, 6.45) is 0. The molecule has 0 saturated heterocycles. The van der Waals surface area contributed by atoms with Crippen molar-refractivity contribution < 1.29 is 0 Å². The Morgan fingerprint density at radius 3 is 2.61 bits per heavy atom. The van der Waals surface area contributed by atoms with E-state index in [0.717, 1.165) is 27.3 Å². The molecule has 0 amide bonds. The Hall–Kier alpha value is -1.00. The van der Waals surface area contributed by atoms with Crippen LogP contribution >= 0.6 is 23.4 Å². The van der Waals surface area contributed by atoms with Gasteiger partial charge in [0, 0.05) is 23.7 Å². The summed E-state index contributed by atoms with van der Waals surface area (Å²) < 4.78 is 2.05. The number of aromatic nitrogens is 3. The Morgan fingerprint density at radius 2 is 2.00 bits per heavy atom. The highest BCUT2D eigenvalue weighted by molar-refractivity contribution is 7.98. The van der Waals surface area contributed by atoms with E-state index in [-0.39, 0.29) is 0 Å². The van der Waals surface area contributed by atoms with Gasteiger partial charge >= 0.3 is 0 Å². The summed E-state index contributed by atoms with van der Waals surface area (Å²) in [5, 5.41) is 10.2. The number of thioether (sulfide) groups is 1. The zero-order valence-corrected chi connectivity index (χ0v) is 12.3. The lowest BCUT2D eigenvalue weighted by molar-refractivity contribution is 0.680. The first-order chi connectivity index (χ1) is 8.59. The van der Waals surface area contributed by atoms with Gasteiger partial charge in [-0.2, -0.15) is 0 Å². The van der Waals surface area contributed by atoms with E-state index in [4.69, 9.17) is 11.6 Å². The molecule has 0 bridgehead atoms. The van der Waals surface area contributed by atoms with Gasteiger partial charge in [-0.3, -0.25) is 0 Å². The Kier molecular flexibility index (Phi) is 4.30. The fraction of sp³-hybridized carbons (Fsp3) is 0.385. The third-order valence-electron chi connectivity index (χ3n) is 2.70. The van der Waals surface area contributed by atoms with Crippen LogP contribution in [-0.4, -0.2) is 14.8 Å². The number of halogens is 1. The Balaban J connectivity index is 2.09. The molecule has 2 rings (SSSR count). The number of hydrogen-bond donors (Lipinski definition) is 0. The van der Waals surface area contributed by atoms with E-state index in [1.54, 1.807) is 11.8 Å². The maximum Gasteiger partial charge on any atom is 0.191 e. The fourth-order valence-electron chi connectivity index (χ4n) is 1.71. The molecule has 1 aromatic heterocycles. The highest BCUT2D eigenvalue weighted by Crippen LogP contribution is 2.26. The normalized spacial score (nSPS) is 11.2. The zero-order valence-electron chi connectivity index (χ0n) is 10.7. The molecule has 0 radical (unpaired) electrons. The van der Waals surface area contributed by atoms with E-state index in [2.05, 4.69) is 24.0 Å². The predicted octanol–water partition coefficient (Wildman–Crippen LogP) is 3.88. The lowest BCUT2D eigenvalue weighted by Gasteiger charge is -2.06. The molecular formula is C13H16ClN3S. The highest BCUT2D eigenvalue weighted by Gasteiger charge is 2.12. The van der Waals surface area contributed by atoms with Gasteiger partial charge in [-0.1, -0.05) is 55.4 Å². The van der Waals surface area contributed by atoms with Crippen molar-refractivity contribution >= 4 is 23.4 Å². The van der Waals surface area contributed by atoms with Crippen LogP contribution in [0.2, 0.25) is 5.02 Å². The lowest BCUT2D eigenvalue weighted by Crippen LogP contribution is -2.00. The molecule has 5 heteroatoms. The topological polar surface area (TPSA) is 30.7 Å². The second-order valence-electron chi connectivity index (χ2n) is 4.43. The average molecular weight is 282 g/mol. The van der Waals surface area contributed by atoms with Crippen LogP contribution in [0, 0.1) is 0 Å². The van der Waals surface area contributed by atoms with Crippen LogP contribution in [0.15, 0.2) is 29.4 Å². The maximum atomic E-state index is 6.13. The van der Waals surface area contributed by atoms with E-state index < -0.39 is 0 Å². The van der Waals surface area contributed by atoms with E-state index in [0.29, 0.717) is 5.92 Å². The van der Waals surface area contributed by atoms with Crippen LogP contribution in [0.1, 0.15) is 31.2 Å². The standard InChI is InChI=1S/C13H16ClN3S/c1-9(2)12-15-16-13(17(12)3)18-8-10-6-4-5-7-11(10)14/h4-7,9H,8H2,1-3H3. The summed E-state index contributed by atoms with van der Waals surface area (Å²) in [4.78, 5) is 0. The van der Waals surface area contributed by atoms with Gasteiger partial charge in [0.15, 0.2) is 5.16 Å². The van der Waals surface area contributed by atoms with Crippen molar-refractivity contribution in [2.45, 2.75) is 30.7 Å². The molecule has 1 aromatic carbocycles. The quantitative estimate of drug-likeness (QED) is 0.797. The molecule has 3 nitrogen and oxygen atoms in total. The molecule has 0 N–H and O–H groups in total. The van der Waals surface area contributed by atoms with Gasteiger partial charge in [-0.05, 0) is 11.6 Å². The third-order valence-corrected chi connectivity index (χ3v) is 4.14. The monoisotopic (exact) mass is 281 g/mol. The van der Waals surface area contributed by atoms with Gasteiger partial charge in [-0.25, -0.2) is 0 Å². The summed E-state index contributed by atoms with van der Waals surface area (Å²) in [6.45, 7) is 4.24. The van der Waals surface area contributed by atoms with Crippen molar-refractivity contribution in [1.82, 2.24) is 14.8 Å². The molecule has 0 unspecified atom stereocenters. The van der Waals surface area contributed by atoms with E-state index in [9.17, 15) is 0 Å². The van der Waals surface area contributed by atoms with Crippen LogP contribution in [0.5, 0.6) is 0 Å². The van der Waals surface area contributed by atoms with Crippen LogP contribution < -0.4 is 0 Å². The molecule has 1 heterocycles. The Bertz CT molecular complexity index is 537. The summed E-state index contributed by atoms with van der Waals surface area (Å²) in [6, 6.07) is 7.89. The second kappa shape index (κ2) is 5.76. The Morgan fingerprint density at radius 1 is 1.28 bits per heavy atom. The predicted molar refractivity (Wildman–Crippen MR) is 76.1 cm³/mol. The van der Waals surface area contributed by atoms with Crippen molar-refractivity contribution in [3.05, 3.63) is 40.7 Å². The van der Waals surface area contributed by atoms with Crippen molar-refractivity contribution in [2.24, 2.45) is 7.05 Å². The smallest absolute Gasteiger partial charge is 0.191 e. The maximum absolute atomic E-state index is 6.13. The van der Waals surface area contributed by atoms with Gasteiger partial charge in [-0.15, -0.1) is 10.2 Å². The van der Waals surface area contributed by atoms with Gasteiger partial charge in [0.1, 0.15) is 5.82 Å². The molecule has 0 aliphatic heterocycles. The largest absolute Gasteiger partial charge is 0.309 e. The molecule has 0 saturated carbocycles. The van der Waals surface area contributed by atoms with Crippen molar-refractivity contribution in [2.75, 3.05) is 0 Å². The number of nitrogens with zero attached hydrogens (tertiary/aromatic N) is 3. The number of rotatable bonds is 4. The number of hydrogen-bond acceptors (Lipinski definition) is 3. The molecule has 18 heavy (non-hydrogen) atoms. The fourth-order valence-corrected chi connectivity index (χ4v) is 2.92. The molecule has 0 fully saturated rings. The Labute approximate surface area is 117 Å². The van der Waals surface area contributed by atoms with Crippen molar-refractivity contribution in [3.8, 4) is 0 Å². The molecule has 0 aliphatic carbocycles. The molecule has 0 spiro atoms. The minimum atomic E-state index is 0.386. The van der Waals surface area contributed by atoms with Gasteiger partial charge in [0.05, 0.1) is 0 Å². The SMILES string of the molecule is CC(C)c1nnc(SCc2ccccc2Cl)n1C. The van der Waals surface area contributed by atoms with Gasteiger partial charge in [0.2, 0.25) is 0 Å². The second-order valence-corrected chi connectivity index (χ2v) is 5.78. The summed E-state index contributed by atoms with van der Waals surface area (Å²) in [5.41, 5.74) is 1.12. The molecular weight excluding hydrogens is 266 g/mol. The summed E-state index contributed by atoms with van der Waals surface area (Å²) in [7, 11) is 2.00. The third kappa shape index (κ3) is 2.87. The molecule has 2 aromatic rings. The zero-order chi connectivity index (χ0) is 13.1. The first kappa shape index (κ1) is 13.4. The molecule has 96 valence electrons. The average Bonchev–Trinajstić information content (AvgIpc) is 2.70. The minimum Gasteiger partial charge on any atom is -0.309 e. The molecule has 0 atom stereocenters. The van der Waals surface area contributed by atoms with Crippen LogP contribution in [0.3, 0.4) is 0 Å². The minimum absolute atomic E-state index is 0.386. The van der Waals surface area contributed by atoms with Gasteiger partial charge in [0.25, 0.3) is 0 Å².